The van der Waals surface area contributed by atoms with Gasteiger partial charge in [-0.15, -0.1) is 0 Å². The van der Waals surface area contributed by atoms with Gasteiger partial charge >= 0.3 is 0 Å². The van der Waals surface area contributed by atoms with Gasteiger partial charge in [0.05, 0.1) is 12.1 Å². The van der Waals surface area contributed by atoms with Gasteiger partial charge in [-0.2, -0.15) is 0 Å². The molecule has 0 saturated carbocycles. The summed E-state index contributed by atoms with van der Waals surface area (Å²) in [5.41, 5.74) is 4.07. The minimum atomic E-state index is -0.168. The van der Waals surface area contributed by atoms with Crippen molar-refractivity contribution >= 4 is 0 Å². The first kappa shape index (κ1) is 20.0. The van der Waals surface area contributed by atoms with Crippen LogP contribution in [-0.4, -0.2) is 18.8 Å². The third kappa shape index (κ3) is 4.97. The fourth-order valence-electron chi connectivity index (χ4n) is 4.35. The molecule has 0 spiro atoms. The van der Waals surface area contributed by atoms with Crippen molar-refractivity contribution in [2.24, 2.45) is 0 Å². The number of ether oxygens (including phenoxy) is 1. The van der Waals surface area contributed by atoms with Crippen LogP contribution in [-0.2, 0) is 16.7 Å². The Bertz CT molecular complexity index is 727. The summed E-state index contributed by atoms with van der Waals surface area (Å²) in [7, 11) is 0. The maximum Gasteiger partial charge on any atom is 0.123 e. The highest BCUT2D eigenvalue weighted by atomic mass is 19.1. The van der Waals surface area contributed by atoms with Crippen molar-refractivity contribution in [3.05, 3.63) is 71.0 Å². The zero-order chi connectivity index (χ0) is 19.3. The SMILES string of the molecule is CC[C@@]1(C)C[C@@](CC[NH2+]Cc2ccc(F)cc2)(c2ccc(C)cc2)CCO1. The summed E-state index contributed by atoms with van der Waals surface area (Å²) in [6.45, 7) is 9.42. The van der Waals surface area contributed by atoms with Crippen molar-refractivity contribution in [3.8, 4) is 0 Å². The summed E-state index contributed by atoms with van der Waals surface area (Å²) < 4.78 is 19.2. The second kappa shape index (κ2) is 8.53. The molecule has 0 aromatic heterocycles. The van der Waals surface area contributed by atoms with E-state index in [9.17, 15) is 4.39 Å². The molecule has 2 aromatic rings. The van der Waals surface area contributed by atoms with E-state index >= 15 is 0 Å². The van der Waals surface area contributed by atoms with Gasteiger partial charge in [0.1, 0.15) is 12.4 Å². The van der Waals surface area contributed by atoms with Gasteiger partial charge in [0, 0.05) is 24.0 Å². The molecule has 0 unspecified atom stereocenters. The lowest BCUT2D eigenvalue weighted by atomic mass is 9.66. The van der Waals surface area contributed by atoms with Crippen LogP contribution in [0.5, 0.6) is 0 Å². The Morgan fingerprint density at radius 1 is 1.07 bits per heavy atom. The second-order valence-electron chi connectivity index (χ2n) is 8.38. The van der Waals surface area contributed by atoms with Gasteiger partial charge in [0.2, 0.25) is 0 Å². The summed E-state index contributed by atoms with van der Waals surface area (Å²) in [6.07, 6.45) is 4.33. The van der Waals surface area contributed by atoms with Gasteiger partial charge in [0.25, 0.3) is 0 Å². The smallest absolute Gasteiger partial charge is 0.123 e. The van der Waals surface area contributed by atoms with Crippen LogP contribution >= 0.6 is 0 Å². The van der Waals surface area contributed by atoms with E-state index in [2.05, 4.69) is 50.4 Å². The molecule has 146 valence electrons. The average molecular weight is 371 g/mol. The molecule has 0 amide bonds. The van der Waals surface area contributed by atoms with E-state index in [4.69, 9.17) is 4.74 Å². The molecule has 1 heterocycles. The minimum absolute atomic E-state index is 0.0416. The van der Waals surface area contributed by atoms with Gasteiger partial charge in [-0.1, -0.05) is 48.9 Å². The lowest BCUT2D eigenvalue weighted by molar-refractivity contribution is -0.672. The monoisotopic (exact) mass is 370 g/mol. The highest BCUT2D eigenvalue weighted by Crippen LogP contribution is 2.45. The van der Waals surface area contributed by atoms with Gasteiger partial charge in [-0.3, -0.25) is 0 Å². The van der Waals surface area contributed by atoms with Crippen LogP contribution in [0.25, 0.3) is 0 Å². The summed E-state index contributed by atoms with van der Waals surface area (Å²) in [6, 6.07) is 15.9. The largest absolute Gasteiger partial charge is 0.375 e. The maximum absolute atomic E-state index is 13.1. The predicted molar refractivity (Wildman–Crippen MR) is 108 cm³/mol. The fraction of sp³-hybridized carbons (Fsp3) is 0.500. The van der Waals surface area contributed by atoms with Crippen molar-refractivity contribution in [1.29, 1.82) is 0 Å². The van der Waals surface area contributed by atoms with Crippen LogP contribution in [0.15, 0.2) is 48.5 Å². The van der Waals surface area contributed by atoms with E-state index < -0.39 is 0 Å². The number of halogens is 1. The van der Waals surface area contributed by atoms with E-state index in [0.717, 1.165) is 45.4 Å². The Morgan fingerprint density at radius 3 is 2.44 bits per heavy atom. The van der Waals surface area contributed by atoms with E-state index in [1.165, 1.54) is 16.7 Å². The third-order valence-corrected chi connectivity index (χ3v) is 6.28. The first-order valence-corrected chi connectivity index (χ1v) is 10.2. The van der Waals surface area contributed by atoms with Crippen LogP contribution in [0, 0.1) is 12.7 Å². The minimum Gasteiger partial charge on any atom is -0.375 e. The molecule has 1 fully saturated rings. The molecule has 1 aliphatic heterocycles. The Hall–Kier alpha value is -1.71. The van der Waals surface area contributed by atoms with Crippen molar-refractivity contribution in [2.75, 3.05) is 13.2 Å². The lowest BCUT2D eigenvalue weighted by Gasteiger charge is -2.46. The highest BCUT2D eigenvalue weighted by Gasteiger charge is 2.43. The number of nitrogens with two attached hydrogens (primary N) is 1. The summed E-state index contributed by atoms with van der Waals surface area (Å²) >= 11 is 0. The molecular formula is C24H33FNO+. The lowest BCUT2D eigenvalue weighted by Crippen LogP contribution is -2.83. The number of hydrogen-bond acceptors (Lipinski definition) is 1. The molecule has 27 heavy (non-hydrogen) atoms. The highest BCUT2D eigenvalue weighted by molar-refractivity contribution is 5.30. The van der Waals surface area contributed by atoms with Gasteiger partial charge < -0.3 is 10.1 Å². The topological polar surface area (TPSA) is 25.8 Å². The number of aryl methyl sites for hydroxylation is 1. The van der Waals surface area contributed by atoms with E-state index in [0.29, 0.717) is 0 Å². The van der Waals surface area contributed by atoms with Gasteiger partial charge in [-0.05, 0) is 50.8 Å². The van der Waals surface area contributed by atoms with E-state index in [-0.39, 0.29) is 16.8 Å². The number of rotatable bonds is 7. The summed E-state index contributed by atoms with van der Waals surface area (Å²) in [4.78, 5) is 0. The van der Waals surface area contributed by atoms with Crippen LogP contribution in [0.2, 0.25) is 0 Å². The molecule has 1 aliphatic rings. The van der Waals surface area contributed by atoms with Crippen molar-refractivity contribution in [1.82, 2.24) is 0 Å². The maximum atomic E-state index is 13.1. The Labute approximate surface area is 163 Å². The molecule has 2 nitrogen and oxygen atoms in total. The molecule has 0 radical (unpaired) electrons. The number of benzene rings is 2. The molecule has 2 aromatic carbocycles. The zero-order valence-electron chi connectivity index (χ0n) is 16.9. The van der Waals surface area contributed by atoms with Crippen LogP contribution in [0.1, 0.15) is 56.2 Å². The van der Waals surface area contributed by atoms with Crippen LogP contribution < -0.4 is 5.32 Å². The Balaban J connectivity index is 1.70. The van der Waals surface area contributed by atoms with Gasteiger partial charge in [-0.25, -0.2) is 4.39 Å². The van der Waals surface area contributed by atoms with Crippen LogP contribution in [0.3, 0.4) is 0 Å². The molecule has 2 N–H and O–H groups in total. The normalized spacial score (nSPS) is 25.5. The Morgan fingerprint density at radius 2 is 1.78 bits per heavy atom. The second-order valence-corrected chi connectivity index (χ2v) is 8.38. The molecule has 0 aliphatic carbocycles. The first-order valence-electron chi connectivity index (χ1n) is 10.2. The van der Waals surface area contributed by atoms with Crippen molar-refractivity contribution < 1.29 is 14.4 Å². The molecule has 0 bridgehead atoms. The van der Waals surface area contributed by atoms with E-state index in [1.54, 1.807) is 12.1 Å². The summed E-state index contributed by atoms with van der Waals surface area (Å²) in [5.74, 6) is -0.168. The zero-order valence-corrected chi connectivity index (χ0v) is 16.9. The first-order chi connectivity index (χ1) is 12.9. The number of hydrogen-bond donors (Lipinski definition) is 1. The molecular weight excluding hydrogens is 337 g/mol. The molecule has 1 saturated heterocycles. The Kier molecular flexibility index (Phi) is 6.33. The summed E-state index contributed by atoms with van der Waals surface area (Å²) in [5, 5.41) is 2.35. The van der Waals surface area contributed by atoms with Crippen LogP contribution in [0.4, 0.5) is 4.39 Å². The van der Waals surface area contributed by atoms with Gasteiger partial charge in [0.15, 0.2) is 0 Å². The standard InChI is InChI=1S/C24H32FNO/c1-4-23(3)18-24(14-16-27-23,21-9-5-19(2)6-10-21)13-15-26-17-20-7-11-22(25)12-8-20/h5-12,26H,4,13-18H2,1-3H3/p+1/t23-,24-/m0/s1. The van der Waals surface area contributed by atoms with Crippen molar-refractivity contribution in [2.45, 2.75) is 64.0 Å². The number of quaternary nitrogens is 1. The van der Waals surface area contributed by atoms with E-state index in [1.807, 2.05) is 12.1 Å². The quantitative estimate of drug-likeness (QED) is 0.713. The van der Waals surface area contributed by atoms with Crippen molar-refractivity contribution in [3.63, 3.8) is 0 Å². The molecule has 2 atom stereocenters. The average Bonchev–Trinajstić information content (AvgIpc) is 2.67. The predicted octanol–water partition coefficient (Wildman–Crippen LogP) is 4.50. The molecule has 3 rings (SSSR count). The third-order valence-electron chi connectivity index (χ3n) is 6.28. The fourth-order valence-corrected chi connectivity index (χ4v) is 4.35. The molecule has 3 heteroatoms.